The van der Waals surface area contributed by atoms with Crippen LogP contribution in [0.3, 0.4) is 0 Å². The highest BCUT2D eigenvalue weighted by atomic mass is 16.5. The van der Waals surface area contributed by atoms with Gasteiger partial charge in [0.1, 0.15) is 18.1 Å². The average Bonchev–Trinajstić information content (AvgIpc) is 2.74. The van der Waals surface area contributed by atoms with Crippen LogP contribution in [0, 0.1) is 5.92 Å². The number of hydrogen-bond acceptors (Lipinski definition) is 4. The number of rotatable bonds is 6. The Bertz CT molecular complexity index is 840. The Balaban J connectivity index is 1.67. The van der Waals surface area contributed by atoms with Gasteiger partial charge in [0.25, 0.3) is 0 Å². The summed E-state index contributed by atoms with van der Waals surface area (Å²) >= 11 is 0. The van der Waals surface area contributed by atoms with Crippen molar-refractivity contribution in [1.29, 1.82) is 0 Å². The smallest absolute Gasteiger partial charge is 0.357 e. The molecule has 0 bridgehead atoms. The molecule has 1 fully saturated rings. The lowest BCUT2D eigenvalue weighted by Crippen LogP contribution is -2.20. The van der Waals surface area contributed by atoms with E-state index < -0.39 is 0 Å². The number of carbonyl (C=O) groups is 1. The minimum atomic E-state index is -0.389. The van der Waals surface area contributed by atoms with Gasteiger partial charge in [0.05, 0.1) is 7.11 Å². The Kier molecular flexibility index (Phi) is 6.64. The van der Waals surface area contributed by atoms with E-state index >= 15 is 0 Å². The summed E-state index contributed by atoms with van der Waals surface area (Å²) in [5.74, 6) is 1.32. The molecular weight excluding hydrogens is 350 g/mol. The predicted octanol–water partition coefficient (Wildman–Crippen LogP) is 5.33. The zero-order valence-corrected chi connectivity index (χ0v) is 16.6. The van der Waals surface area contributed by atoms with Crippen molar-refractivity contribution < 1.29 is 14.3 Å². The summed E-state index contributed by atoms with van der Waals surface area (Å²) < 4.78 is 10.6. The van der Waals surface area contributed by atoms with Gasteiger partial charge in [-0.05, 0) is 73.9 Å². The molecule has 3 rings (SSSR count). The molecule has 4 nitrogen and oxygen atoms in total. The van der Waals surface area contributed by atoms with Gasteiger partial charge in [-0.25, -0.2) is 9.78 Å². The highest BCUT2D eigenvalue weighted by Gasteiger charge is 2.29. The molecule has 1 aromatic carbocycles. The summed E-state index contributed by atoms with van der Waals surface area (Å²) in [5, 5.41) is 0. The topological polar surface area (TPSA) is 48.4 Å². The van der Waals surface area contributed by atoms with E-state index in [0.29, 0.717) is 17.5 Å². The monoisotopic (exact) mass is 377 g/mol. The van der Waals surface area contributed by atoms with Crippen LogP contribution in [-0.2, 0) is 4.74 Å². The van der Waals surface area contributed by atoms with E-state index in [1.54, 1.807) is 31.5 Å². The quantitative estimate of drug-likeness (QED) is 0.504. The molecule has 1 saturated carbocycles. The van der Waals surface area contributed by atoms with Crippen LogP contribution in [0.15, 0.2) is 72.5 Å². The molecule has 0 aliphatic heterocycles. The van der Waals surface area contributed by atoms with Gasteiger partial charge in [0.2, 0.25) is 0 Å². The number of carbonyl (C=O) groups excluding carboxylic acids is 1. The maximum Gasteiger partial charge on any atom is 0.357 e. The van der Waals surface area contributed by atoms with Crippen LogP contribution >= 0.6 is 0 Å². The van der Waals surface area contributed by atoms with Crippen molar-refractivity contribution in [3.05, 3.63) is 83.7 Å². The van der Waals surface area contributed by atoms with E-state index in [1.807, 2.05) is 18.2 Å². The number of ether oxygens (including phenoxy) is 2. The number of aromatic nitrogens is 1. The molecule has 4 heteroatoms. The van der Waals surface area contributed by atoms with Gasteiger partial charge < -0.3 is 9.47 Å². The van der Waals surface area contributed by atoms with Crippen molar-refractivity contribution in [2.75, 3.05) is 13.7 Å². The average molecular weight is 377 g/mol. The summed E-state index contributed by atoms with van der Waals surface area (Å²) in [7, 11) is 1.68. The Morgan fingerprint density at radius 2 is 2.04 bits per heavy atom. The maximum absolute atomic E-state index is 12.0. The van der Waals surface area contributed by atoms with Gasteiger partial charge in [-0.3, -0.25) is 0 Å². The molecule has 2 atom stereocenters. The van der Waals surface area contributed by atoms with Gasteiger partial charge in [-0.1, -0.05) is 35.9 Å². The van der Waals surface area contributed by atoms with Crippen molar-refractivity contribution in [1.82, 2.24) is 4.98 Å². The Labute approximate surface area is 166 Å². The van der Waals surface area contributed by atoms with Crippen molar-refractivity contribution in [2.24, 2.45) is 5.92 Å². The van der Waals surface area contributed by atoms with Crippen LogP contribution in [0.4, 0.5) is 0 Å². The normalized spacial score (nSPS) is 20.6. The molecular formula is C24H27NO3. The molecule has 0 amide bonds. The summed E-state index contributed by atoms with van der Waals surface area (Å²) in [6.07, 6.45) is 6.65. The molecule has 0 spiro atoms. The van der Waals surface area contributed by atoms with Crippen LogP contribution in [0.5, 0.6) is 5.75 Å². The van der Waals surface area contributed by atoms with Crippen molar-refractivity contribution in [3.8, 4) is 5.75 Å². The first-order chi connectivity index (χ1) is 13.6. The van der Waals surface area contributed by atoms with Gasteiger partial charge in [0.15, 0.2) is 0 Å². The molecule has 28 heavy (non-hydrogen) atoms. The standard InChI is InChI=1S/C24H27NO3/c1-17(2)21-12-7-18(13-15-28-24(26)23-6-4-5-14-25-23)16-22(21)19-8-10-20(27-3)11-9-19/h4-6,8-11,13-14,21-22H,1,7,12,15-16H2,2-3H3/b18-13-/t21-,22-/m1/s1. The third kappa shape index (κ3) is 4.89. The van der Waals surface area contributed by atoms with E-state index in [4.69, 9.17) is 9.47 Å². The second kappa shape index (κ2) is 9.36. The Morgan fingerprint density at radius 3 is 2.68 bits per heavy atom. The van der Waals surface area contributed by atoms with Crippen LogP contribution in [0.1, 0.15) is 48.2 Å². The molecule has 2 aromatic rings. The number of methoxy groups -OCH3 is 1. The molecule has 1 aliphatic rings. The van der Waals surface area contributed by atoms with E-state index in [9.17, 15) is 4.79 Å². The minimum absolute atomic E-state index is 0.276. The molecule has 1 heterocycles. The first-order valence-corrected chi connectivity index (χ1v) is 9.64. The molecule has 1 aliphatic carbocycles. The molecule has 0 N–H and O–H groups in total. The Hall–Kier alpha value is -2.88. The SMILES string of the molecule is C=C(C)[C@H]1CC/C(=C/COC(=O)c2ccccn2)C[C@@H]1c1ccc(OC)cc1. The van der Waals surface area contributed by atoms with Crippen LogP contribution < -0.4 is 4.74 Å². The highest BCUT2D eigenvalue weighted by molar-refractivity contribution is 5.87. The first kappa shape index (κ1) is 19.9. The predicted molar refractivity (Wildman–Crippen MR) is 110 cm³/mol. The van der Waals surface area contributed by atoms with E-state index in [-0.39, 0.29) is 12.6 Å². The van der Waals surface area contributed by atoms with Gasteiger partial charge in [0, 0.05) is 6.20 Å². The largest absolute Gasteiger partial charge is 0.497 e. The first-order valence-electron chi connectivity index (χ1n) is 9.64. The summed E-state index contributed by atoms with van der Waals surface area (Å²) in [4.78, 5) is 16.1. The highest BCUT2D eigenvalue weighted by Crippen LogP contribution is 2.43. The lowest BCUT2D eigenvalue weighted by atomic mass is 9.71. The third-order valence-corrected chi connectivity index (χ3v) is 5.38. The summed E-state index contributed by atoms with van der Waals surface area (Å²) in [6.45, 7) is 6.60. The Morgan fingerprint density at radius 1 is 1.25 bits per heavy atom. The van der Waals surface area contributed by atoms with Crippen molar-refractivity contribution in [2.45, 2.75) is 32.1 Å². The number of benzene rings is 1. The van der Waals surface area contributed by atoms with Crippen LogP contribution in [0.25, 0.3) is 0 Å². The van der Waals surface area contributed by atoms with Crippen LogP contribution in [0.2, 0.25) is 0 Å². The molecule has 0 saturated heterocycles. The zero-order valence-electron chi connectivity index (χ0n) is 16.6. The third-order valence-electron chi connectivity index (χ3n) is 5.38. The number of hydrogen-bond donors (Lipinski definition) is 0. The van der Waals surface area contributed by atoms with Gasteiger partial charge in [-0.2, -0.15) is 0 Å². The van der Waals surface area contributed by atoms with E-state index in [0.717, 1.165) is 25.0 Å². The van der Waals surface area contributed by atoms with Crippen molar-refractivity contribution >= 4 is 5.97 Å². The van der Waals surface area contributed by atoms with E-state index in [1.165, 1.54) is 16.7 Å². The molecule has 0 unspecified atom stereocenters. The molecule has 0 radical (unpaired) electrons. The summed E-state index contributed by atoms with van der Waals surface area (Å²) in [5.41, 5.74) is 4.18. The second-order valence-electron chi connectivity index (χ2n) is 7.25. The van der Waals surface area contributed by atoms with Gasteiger partial charge in [-0.15, -0.1) is 0 Å². The fraction of sp³-hybridized carbons (Fsp3) is 0.333. The fourth-order valence-electron chi connectivity index (χ4n) is 3.84. The molecule has 146 valence electrons. The van der Waals surface area contributed by atoms with Crippen LogP contribution in [-0.4, -0.2) is 24.7 Å². The molecule has 1 aromatic heterocycles. The number of nitrogens with zero attached hydrogens (tertiary/aromatic N) is 1. The minimum Gasteiger partial charge on any atom is -0.497 e. The lowest BCUT2D eigenvalue weighted by molar-refractivity contribution is 0.0541. The lowest BCUT2D eigenvalue weighted by Gasteiger charge is -2.34. The van der Waals surface area contributed by atoms with Gasteiger partial charge >= 0.3 is 5.97 Å². The number of allylic oxidation sites excluding steroid dienone is 2. The fourth-order valence-corrected chi connectivity index (χ4v) is 3.84. The second-order valence-corrected chi connectivity index (χ2v) is 7.25. The number of esters is 1. The summed E-state index contributed by atoms with van der Waals surface area (Å²) in [6, 6.07) is 13.5. The maximum atomic E-state index is 12.0. The number of pyridine rings is 1. The van der Waals surface area contributed by atoms with E-state index in [2.05, 4.69) is 30.6 Å². The van der Waals surface area contributed by atoms with Crippen molar-refractivity contribution in [3.63, 3.8) is 0 Å². The zero-order chi connectivity index (χ0) is 19.9.